The SMILES string of the molecule is CC1=CCCC(CCN)=C1C. The van der Waals surface area contributed by atoms with Crippen molar-refractivity contribution in [3.63, 3.8) is 0 Å². The molecule has 0 aliphatic heterocycles. The summed E-state index contributed by atoms with van der Waals surface area (Å²) in [6.07, 6.45) is 5.82. The molecule has 0 fully saturated rings. The largest absolute Gasteiger partial charge is 0.330 e. The van der Waals surface area contributed by atoms with E-state index in [-0.39, 0.29) is 0 Å². The van der Waals surface area contributed by atoms with E-state index in [2.05, 4.69) is 19.9 Å². The average Bonchev–Trinajstić information content (AvgIpc) is 1.99. The maximum Gasteiger partial charge on any atom is -0.00397 e. The highest BCUT2D eigenvalue weighted by Gasteiger charge is 2.07. The topological polar surface area (TPSA) is 26.0 Å². The average molecular weight is 151 g/mol. The third-order valence-corrected chi connectivity index (χ3v) is 2.46. The van der Waals surface area contributed by atoms with E-state index in [9.17, 15) is 0 Å². The van der Waals surface area contributed by atoms with Gasteiger partial charge in [-0.05, 0) is 45.2 Å². The van der Waals surface area contributed by atoms with Gasteiger partial charge in [-0.2, -0.15) is 0 Å². The second-order valence-electron chi connectivity index (χ2n) is 3.19. The van der Waals surface area contributed by atoms with Gasteiger partial charge in [-0.1, -0.05) is 17.2 Å². The Morgan fingerprint density at radius 2 is 2.18 bits per heavy atom. The first-order valence-electron chi connectivity index (χ1n) is 4.31. The molecule has 1 aliphatic carbocycles. The Kier molecular flexibility index (Phi) is 2.89. The molecule has 0 aromatic heterocycles. The first-order chi connectivity index (χ1) is 5.25. The molecular weight excluding hydrogens is 134 g/mol. The molecule has 11 heavy (non-hydrogen) atoms. The molecule has 0 amide bonds. The Balaban J connectivity index is 2.74. The number of nitrogens with two attached hydrogens (primary N) is 1. The van der Waals surface area contributed by atoms with Gasteiger partial charge in [0.25, 0.3) is 0 Å². The smallest absolute Gasteiger partial charge is 0.00397 e. The van der Waals surface area contributed by atoms with E-state index in [0.29, 0.717) is 0 Å². The Labute approximate surface area is 69.0 Å². The summed E-state index contributed by atoms with van der Waals surface area (Å²) in [5.41, 5.74) is 9.99. The summed E-state index contributed by atoms with van der Waals surface area (Å²) >= 11 is 0. The molecular formula is C10H17N. The van der Waals surface area contributed by atoms with Crippen molar-refractivity contribution in [2.75, 3.05) is 6.54 Å². The fourth-order valence-corrected chi connectivity index (χ4v) is 1.57. The lowest BCUT2D eigenvalue weighted by molar-refractivity contribution is 0.821. The van der Waals surface area contributed by atoms with E-state index in [0.717, 1.165) is 13.0 Å². The second-order valence-corrected chi connectivity index (χ2v) is 3.19. The zero-order valence-corrected chi connectivity index (χ0v) is 7.48. The van der Waals surface area contributed by atoms with Gasteiger partial charge < -0.3 is 5.73 Å². The minimum absolute atomic E-state index is 0.792. The van der Waals surface area contributed by atoms with Gasteiger partial charge >= 0.3 is 0 Å². The van der Waals surface area contributed by atoms with Crippen molar-refractivity contribution in [1.82, 2.24) is 0 Å². The van der Waals surface area contributed by atoms with Gasteiger partial charge in [0.15, 0.2) is 0 Å². The molecule has 0 aromatic rings. The van der Waals surface area contributed by atoms with Gasteiger partial charge in [-0.25, -0.2) is 0 Å². The molecule has 0 saturated heterocycles. The molecule has 0 radical (unpaired) electrons. The fourth-order valence-electron chi connectivity index (χ4n) is 1.57. The van der Waals surface area contributed by atoms with Crippen LogP contribution in [0.2, 0.25) is 0 Å². The third kappa shape index (κ3) is 1.93. The van der Waals surface area contributed by atoms with Crippen LogP contribution in [0.25, 0.3) is 0 Å². The van der Waals surface area contributed by atoms with E-state index in [1.165, 1.54) is 24.0 Å². The van der Waals surface area contributed by atoms with Crippen molar-refractivity contribution in [1.29, 1.82) is 0 Å². The van der Waals surface area contributed by atoms with Crippen molar-refractivity contribution in [2.24, 2.45) is 5.73 Å². The molecule has 1 heteroatoms. The molecule has 0 aromatic carbocycles. The summed E-state index contributed by atoms with van der Waals surface area (Å²) in [4.78, 5) is 0. The van der Waals surface area contributed by atoms with E-state index in [4.69, 9.17) is 5.73 Å². The van der Waals surface area contributed by atoms with Gasteiger partial charge in [-0.15, -0.1) is 0 Å². The van der Waals surface area contributed by atoms with Gasteiger partial charge in [-0.3, -0.25) is 0 Å². The molecule has 1 aliphatic rings. The number of allylic oxidation sites excluding steroid dienone is 3. The van der Waals surface area contributed by atoms with Crippen LogP contribution in [0.3, 0.4) is 0 Å². The van der Waals surface area contributed by atoms with Gasteiger partial charge in [0.1, 0.15) is 0 Å². The van der Waals surface area contributed by atoms with E-state index >= 15 is 0 Å². The summed E-state index contributed by atoms with van der Waals surface area (Å²) in [5, 5.41) is 0. The summed E-state index contributed by atoms with van der Waals surface area (Å²) in [6, 6.07) is 0. The standard InChI is InChI=1S/C10H17N/c1-8-4-3-5-10(6-7-11)9(8)2/h4H,3,5-7,11H2,1-2H3. The van der Waals surface area contributed by atoms with Crippen LogP contribution in [0, 0.1) is 0 Å². The fraction of sp³-hybridized carbons (Fsp3) is 0.600. The molecule has 0 bridgehead atoms. The van der Waals surface area contributed by atoms with E-state index in [1.807, 2.05) is 0 Å². The Morgan fingerprint density at radius 1 is 1.45 bits per heavy atom. The van der Waals surface area contributed by atoms with E-state index < -0.39 is 0 Å². The zero-order chi connectivity index (χ0) is 8.27. The van der Waals surface area contributed by atoms with Crippen LogP contribution >= 0.6 is 0 Å². The number of rotatable bonds is 2. The second kappa shape index (κ2) is 3.72. The minimum atomic E-state index is 0.792. The van der Waals surface area contributed by atoms with Crippen LogP contribution in [-0.4, -0.2) is 6.54 Å². The van der Waals surface area contributed by atoms with Gasteiger partial charge in [0, 0.05) is 0 Å². The van der Waals surface area contributed by atoms with Gasteiger partial charge in [0.2, 0.25) is 0 Å². The quantitative estimate of drug-likeness (QED) is 0.644. The van der Waals surface area contributed by atoms with Crippen molar-refractivity contribution in [3.05, 3.63) is 22.8 Å². The lowest BCUT2D eigenvalue weighted by Crippen LogP contribution is -2.04. The molecule has 0 spiro atoms. The predicted octanol–water partition coefficient (Wildman–Crippen LogP) is 2.39. The van der Waals surface area contributed by atoms with Crippen LogP contribution < -0.4 is 5.73 Å². The molecule has 0 atom stereocenters. The summed E-state index contributed by atoms with van der Waals surface area (Å²) in [6.45, 7) is 5.18. The van der Waals surface area contributed by atoms with Crippen molar-refractivity contribution >= 4 is 0 Å². The third-order valence-electron chi connectivity index (χ3n) is 2.46. The van der Waals surface area contributed by atoms with Crippen LogP contribution in [0.15, 0.2) is 22.8 Å². The lowest BCUT2D eigenvalue weighted by atomic mass is 9.91. The van der Waals surface area contributed by atoms with Gasteiger partial charge in [0.05, 0.1) is 0 Å². The lowest BCUT2D eigenvalue weighted by Gasteiger charge is -2.16. The van der Waals surface area contributed by atoms with Crippen LogP contribution in [0.4, 0.5) is 0 Å². The molecule has 0 saturated carbocycles. The van der Waals surface area contributed by atoms with Crippen LogP contribution in [-0.2, 0) is 0 Å². The number of hydrogen-bond donors (Lipinski definition) is 1. The Hall–Kier alpha value is -0.560. The highest BCUT2D eigenvalue weighted by molar-refractivity contribution is 5.35. The van der Waals surface area contributed by atoms with Crippen molar-refractivity contribution in [2.45, 2.75) is 33.1 Å². The molecule has 1 rings (SSSR count). The summed E-state index contributed by atoms with van der Waals surface area (Å²) in [5.74, 6) is 0. The highest BCUT2D eigenvalue weighted by Crippen LogP contribution is 2.25. The van der Waals surface area contributed by atoms with E-state index in [1.54, 1.807) is 5.57 Å². The Bertz CT molecular complexity index is 199. The molecule has 1 nitrogen and oxygen atoms in total. The summed E-state index contributed by atoms with van der Waals surface area (Å²) < 4.78 is 0. The molecule has 0 heterocycles. The van der Waals surface area contributed by atoms with Crippen molar-refractivity contribution < 1.29 is 0 Å². The zero-order valence-electron chi connectivity index (χ0n) is 7.48. The normalized spacial score (nSPS) is 18.6. The monoisotopic (exact) mass is 151 g/mol. The minimum Gasteiger partial charge on any atom is -0.330 e. The number of hydrogen-bond acceptors (Lipinski definition) is 1. The molecule has 62 valence electrons. The summed E-state index contributed by atoms with van der Waals surface area (Å²) in [7, 11) is 0. The maximum atomic E-state index is 5.51. The maximum absolute atomic E-state index is 5.51. The van der Waals surface area contributed by atoms with Crippen molar-refractivity contribution in [3.8, 4) is 0 Å². The molecule has 0 unspecified atom stereocenters. The highest BCUT2D eigenvalue weighted by atomic mass is 14.5. The first kappa shape index (κ1) is 8.54. The molecule has 2 N–H and O–H groups in total. The predicted molar refractivity (Wildman–Crippen MR) is 49.4 cm³/mol. The van der Waals surface area contributed by atoms with Crippen LogP contribution in [0.1, 0.15) is 33.1 Å². The first-order valence-corrected chi connectivity index (χ1v) is 4.31. The Morgan fingerprint density at radius 3 is 2.82 bits per heavy atom. The van der Waals surface area contributed by atoms with Crippen LogP contribution in [0.5, 0.6) is 0 Å².